The number of likely N-dealkylation sites (tertiary alicyclic amines) is 1. The van der Waals surface area contributed by atoms with E-state index in [2.05, 4.69) is 20.9 Å². The molecule has 2 saturated heterocycles. The molecule has 0 spiro atoms. The highest BCUT2D eigenvalue weighted by Crippen LogP contribution is 2.43. The van der Waals surface area contributed by atoms with Crippen molar-refractivity contribution in [2.75, 3.05) is 44.7 Å². The van der Waals surface area contributed by atoms with Crippen molar-refractivity contribution in [1.29, 1.82) is 0 Å². The number of hydrazine groups is 1. The highest BCUT2D eigenvalue weighted by molar-refractivity contribution is 6.25. The van der Waals surface area contributed by atoms with Crippen molar-refractivity contribution in [1.82, 2.24) is 25.5 Å². The van der Waals surface area contributed by atoms with E-state index >= 15 is 0 Å². The van der Waals surface area contributed by atoms with Crippen molar-refractivity contribution < 1.29 is 23.9 Å². The molecule has 0 radical (unpaired) electrons. The normalized spacial score (nSPS) is 18.5. The lowest BCUT2D eigenvalue weighted by molar-refractivity contribution is 0.0201. The number of carbonyl (C=O) groups is 3. The molecular formula is C25H32N6O5. The SMILES string of the molecule is CC(C)(C)OC(=O)N1CCC(c2[nH]nc3c2C(=O)c2c(NC(=O)NN4CCOCC4)cccc2-3)CC1. The Bertz CT molecular complexity index is 1170. The first-order chi connectivity index (χ1) is 17.2. The first kappa shape index (κ1) is 24.3. The van der Waals surface area contributed by atoms with E-state index in [0.29, 0.717) is 80.3 Å². The van der Waals surface area contributed by atoms with Crippen LogP contribution in [0.15, 0.2) is 18.2 Å². The minimum Gasteiger partial charge on any atom is -0.444 e. The number of fused-ring (bicyclic) bond motifs is 3. The van der Waals surface area contributed by atoms with E-state index in [1.807, 2.05) is 26.8 Å². The lowest BCUT2D eigenvalue weighted by Crippen LogP contribution is -2.49. The number of hydrogen-bond donors (Lipinski definition) is 3. The third kappa shape index (κ3) is 4.80. The molecule has 2 aromatic rings. The number of piperidine rings is 1. The number of amides is 3. The summed E-state index contributed by atoms with van der Waals surface area (Å²) in [4.78, 5) is 40.3. The van der Waals surface area contributed by atoms with Crippen LogP contribution in [0.1, 0.15) is 61.1 Å². The van der Waals surface area contributed by atoms with Crippen molar-refractivity contribution in [3.05, 3.63) is 35.0 Å². The van der Waals surface area contributed by atoms with Crippen LogP contribution in [0.2, 0.25) is 0 Å². The molecule has 36 heavy (non-hydrogen) atoms. The number of aromatic amines is 1. The molecule has 0 atom stereocenters. The maximum Gasteiger partial charge on any atom is 0.410 e. The molecule has 3 heterocycles. The highest BCUT2D eigenvalue weighted by atomic mass is 16.6. The minimum atomic E-state index is -0.541. The lowest BCUT2D eigenvalue weighted by atomic mass is 9.90. The van der Waals surface area contributed by atoms with Crippen molar-refractivity contribution >= 4 is 23.6 Å². The zero-order chi connectivity index (χ0) is 25.4. The van der Waals surface area contributed by atoms with Gasteiger partial charge in [0.25, 0.3) is 0 Å². The van der Waals surface area contributed by atoms with E-state index in [1.165, 1.54) is 0 Å². The molecule has 0 bridgehead atoms. The maximum absolute atomic E-state index is 13.6. The van der Waals surface area contributed by atoms with Gasteiger partial charge in [-0.15, -0.1) is 0 Å². The van der Waals surface area contributed by atoms with Gasteiger partial charge >= 0.3 is 12.1 Å². The molecule has 1 aliphatic carbocycles. The molecular weight excluding hydrogens is 464 g/mol. The summed E-state index contributed by atoms with van der Waals surface area (Å²) in [5.41, 5.74) is 5.83. The summed E-state index contributed by atoms with van der Waals surface area (Å²) in [6, 6.07) is 4.97. The monoisotopic (exact) mass is 496 g/mol. The number of morpholine rings is 1. The van der Waals surface area contributed by atoms with Gasteiger partial charge < -0.3 is 19.7 Å². The van der Waals surface area contributed by atoms with Gasteiger partial charge in [0.1, 0.15) is 11.3 Å². The fourth-order valence-corrected chi connectivity index (χ4v) is 4.95. The van der Waals surface area contributed by atoms with Crippen LogP contribution >= 0.6 is 0 Å². The number of nitrogens with zero attached hydrogens (tertiary/aromatic N) is 3. The highest BCUT2D eigenvalue weighted by Gasteiger charge is 2.38. The zero-order valence-electron chi connectivity index (χ0n) is 20.8. The number of rotatable bonds is 3. The zero-order valence-corrected chi connectivity index (χ0v) is 20.8. The van der Waals surface area contributed by atoms with Crippen LogP contribution in [0.5, 0.6) is 0 Å². The minimum absolute atomic E-state index is 0.0687. The summed E-state index contributed by atoms with van der Waals surface area (Å²) in [7, 11) is 0. The number of ether oxygens (including phenoxy) is 2. The van der Waals surface area contributed by atoms with Crippen LogP contribution < -0.4 is 10.7 Å². The van der Waals surface area contributed by atoms with Crippen LogP contribution in [0.4, 0.5) is 15.3 Å². The van der Waals surface area contributed by atoms with Crippen molar-refractivity contribution in [3.8, 4) is 11.3 Å². The predicted octanol–water partition coefficient (Wildman–Crippen LogP) is 3.10. The number of benzene rings is 1. The molecule has 2 aliphatic heterocycles. The Hall–Kier alpha value is -3.44. The van der Waals surface area contributed by atoms with E-state index in [9.17, 15) is 14.4 Å². The van der Waals surface area contributed by atoms with E-state index in [0.717, 1.165) is 5.69 Å². The van der Waals surface area contributed by atoms with Crippen LogP contribution in [-0.4, -0.2) is 83.0 Å². The summed E-state index contributed by atoms with van der Waals surface area (Å²) in [5.74, 6) is -0.0835. The van der Waals surface area contributed by atoms with Crippen LogP contribution in [0.25, 0.3) is 11.3 Å². The number of urea groups is 1. The van der Waals surface area contributed by atoms with Crippen LogP contribution in [-0.2, 0) is 9.47 Å². The Balaban J connectivity index is 1.29. The number of H-pyrrole nitrogens is 1. The quantitative estimate of drug-likeness (QED) is 0.508. The molecule has 11 heteroatoms. The van der Waals surface area contributed by atoms with Gasteiger partial charge in [-0.3, -0.25) is 15.3 Å². The Morgan fingerprint density at radius 2 is 1.83 bits per heavy atom. The fourth-order valence-electron chi connectivity index (χ4n) is 4.95. The fraction of sp³-hybridized carbons (Fsp3) is 0.520. The molecule has 3 aliphatic rings. The van der Waals surface area contributed by atoms with E-state index in [1.54, 1.807) is 22.0 Å². The van der Waals surface area contributed by atoms with Gasteiger partial charge in [0.2, 0.25) is 0 Å². The van der Waals surface area contributed by atoms with E-state index < -0.39 is 11.6 Å². The topological polar surface area (TPSA) is 129 Å². The lowest BCUT2D eigenvalue weighted by Gasteiger charge is -2.33. The Labute approximate surface area is 209 Å². The summed E-state index contributed by atoms with van der Waals surface area (Å²) >= 11 is 0. The summed E-state index contributed by atoms with van der Waals surface area (Å²) in [6.45, 7) is 8.96. The van der Waals surface area contributed by atoms with Gasteiger partial charge in [-0.05, 0) is 39.7 Å². The van der Waals surface area contributed by atoms with Gasteiger partial charge in [-0.25, -0.2) is 14.6 Å². The summed E-state index contributed by atoms with van der Waals surface area (Å²) < 4.78 is 10.8. The Kier molecular flexibility index (Phi) is 6.44. The number of anilines is 1. The molecule has 0 unspecified atom stereocenters. The van der Waals surface area contributed by atoms with Crippen LogP contribution in [0, 0.1) is 0 Å². The second-order valence-corrected chi connectivity index (χ2v) is 10.3. The van der Waals surface area contributed by atoms with Crippen molar-refractivity contribution in [2.45, 2.75) is 45.1 Å². The van der Waals surface area contributed by atoms with Gasteiger partial charge in [-0.1, -0.05) is 12.1 Å². The molecule has 2 fully saturated rings. The summed E-state index contributed by atoms with van der Waals surface area (Å²) in [6.07, 6.45) is 1.08. The molecule has 3 N–H and O–H groups in total. The largest absolute Gasteiger partial charge is 0.444 e. The molecule has 1 aromatic heterocycles. The third-order valence-electron chi connectivity index (χ3n) is 6.64. The molecule has 5 rings (SSSR count). The van der Waals surface area contributed by atoms with Gasteiger partial charge in [0.15, 0.2) is 5.78 Å². The number of hydrogen-bond acceptors (Lipinski definition) is 7. The molecule has 1 aromatic carbocycles. The second kappa shape index (κ2) is 9.55. The van der Waals surface area contributed by atoms with E-state index in [-0.39, 0.29) is 17.8 Å². The molecule has 0 saturated carbocycles. The predicted molar refractivity (Wildman–Crippen MR) is 132 cm³/mol. The first-order valence-electron chi connectivity index (χ1n) is 12.4. The maximum atomic E-state index is 13.6. The van der Waals surface area contributed by atoms with Crippen molar-refractivity contribution in [2.24, 2.45) is 0 Å². The first-order valence-corrected chi connectivity index (χ1v) is 12.4. The third-order valence-corrected chi connectivity index (χ3v) is 6.64. The summed E-state index contributed by atoms with van der Waals surface area (Å²) in [5, 5.41) is 12.2. The van der Waals surface area contributed by atoms with E-state index in [4.69, 9.17) is 9.47 Å². The van der Waals surface area contributed by atoms with Gasteiger partial charge in [-0.2, -0.15) is 5.10 Å². The Morgan fingerprint density at radius 3 is 2.53 bits per heavy atom. The standard InChI is InChI=1S/C25H32N6O5/c1-25(2,3)36-24(34)30-9-7-15(8-10-30)20-19-21(28-27-20)16-5-4-6-17(18(16)22(19)32)26-23(33)29-31-11-13-35-14-12-31/h4-6,15H,7-14H2,1-3H3,(H,27,28)(H2,26,29,33). The number of carbonyl (C=O) groups excluding carboxylic acids is 3. The van der Waals surface area contributed by atoms with Gasteiger partial charge in [0, 0.05) is 37.7 Å². The molecule has 3 amide bonds. The number of ketones is 1. The average molecular weight is 497 g/mol. The molecule has 192 valence electrons. The smallest absolute Gasteiger partial charge is 0.410 e. The van der Waals surface area contributed by atoms with Gasteiger partial charge in [0.05, 0.1) is 35.7 Å². The number of aromatic nitrogens is 2. The average Bonchev–Trinajstić information content (AvgIpc) is 3.39. The number of nitrogens with one attached hydrogen (secondary N) is 3. The second-order valence-electron chi connectivity index (χ2n) is 10.3. The van der Waals surface area contributed by atoms with Crippen LogP contribution in [0.3, 0.4) is 0 Å². The Morgan fingerprint density at radius 1 is 1.11 bits per heavy atom. The molecule has 11 nitrogen and oxygen atoms in total. The van der Waals surface area contributed by atoms with Crippen molar-refractivity contribution in [3.63, 3.8) is 0 Å².